The number of sulfonamides is 1. The average molecular weight is 535 g/mol. The Morgan fingerprint density at radius 1 is 0.947 bits per heavy atom. The van der Waals surface area contributed by atoms with Crippen molar-refractivity contribution in [2.45, 2.75) is 18.7 Å². The van der Waals surface area contributed by atoms with Gasteiger partial charge in [0.25, 0.3) is 10.0 Å². The van der Waals surface area contributed by atoms with Gasteiger partial charge in [0.05, 0.1) is 16.0 Å². The van der Waals surface area contributed by atoms with Crippen LogP contribution in [-0.4, -0.2) is 50.7 Å². The first kappa shape index (κ1) is 25.5. The van der Waals surface area contributed by atoms with Crippen molar-refractivity contribution in [3.63, 3.8) is 0 Å². The van der Waals surface area contributed by atoms with Crippen molar-refractivity contribution in [2.75, 3.05) is 40.7 Å². The summed E-state index contributed by atoms with van der Waals surface area (Å²) >= 11 is 0. The van der Waals surface area contributed by atoms with Gasteiger partial charge in [-0.25, -0.2) is 22.6 Å². The van der Waals surface area contributed by atoms with E-state index in [0.717, 1.165) is 25.2 Å². The minimum absolute atomic E-state index is 0.0220. The minimum Gasteiger partial charge on any atom is -0.478 e. The molecule has 0 saturated carbocycles. The molecule has 1 aliphatic heterocycles. The number of carboxylic acid groups (broad SMARTS) is 1. The van der Waals surface area contributed by atoms with Crippen LogP contribution in [0, 0.1) is 19.7 Å². The summed E-state index contributed by atoms with van der Waals surface area (Å²) in [5.41, 5.74) is 4.23. The van der Waals surface area contributed by atoms with Crippen molar-refractivity contribution in [3.05, 3.63) is 89.2 Å². The van der Waals surface area contributed by atoms with E-state index < -0.39 is 21.8 Å². The molecule has 38 heavy (non-hydrogen) atoms. The van der Waals surface area contributed by atoms with Crippen LogP contribution in [0.3, 0.4) is 0 Å². The molecule has 0 aliphatic carbocycles. The molecule has 3 aromatic carbocycles. The van der Waals surface area contributed by atoms with E-state index in [4.69, 9.17) is 4.98 Å². The van der Waals surface area contributed by atoms with E-state index in [0.29, 0.717) is 29.8 Å². The highest BCUT2D eigenvalue weighted by atomic mass is 32.2. The van der Waals surface area contributed by atoms with Crippen molar-refractivity contribution in [3.8, 4) is 0 Å². The molecular formula is C28H27FN4O4S. The molecule has 4 aromatic rings. The fourth-order valence-corrected chi connectivity index (χ4v) is 5.78. The van der Waals surface area contributed by atoms with Gasteiger partial charge < -0.3 is 14.9 Å². The third-order valence-corrected chi connectivity index (χ3v) is 8.07. The van der Waals surface area contributed by atoms with Gasteiger partial charge in [0, 0.05) is 42.9 Å². The molecule has 1 aliphatic rings. The summed E-state index contributed by atoms with van der Waals surface area (Å²) in [6.45, 7) is 7.06. The molecule has 0 bridgehead atoms. The van der Waals surface area contributed by atoms with E-state index >= 15 is 0 Å². The number of aryl methyl sites for hydroxylation is 2. The third kappa shape index (κ3) is 5.12. The summed E-state index contributed by atoms with van der Waals surface area (Å²) in [6.07, 6.45) is 0. The van der Waals surface area contributed by atoms with Crippen LogP contribution in [0.25, 0.3) is 10.9 Å². The number of hydrogen-bond acceptors (Lipinski definition) is 6. The van der Waals surface area contributed by atoms with Gasteiger partial charge in [0.15, 0.2) is 0 Å². The van der Waals surface area contributed by atoms with Crippen LogP contribution in [0.1, 0.15) is 21.5 Å². The maximum Gasteiger partial charge on any atom is 0.336 e. The van der Waals surface area contributed by atoms with Crippen LogP contribution in [-0.2, 0) is 10.0 Å². The highest BCUT2D eigenvalue weighted by Gasteiger charge is 2.23. The second-order valence-corrected chi connectivity index (χ2v) is 11.1. The zero-order valence-corrected chi connectivity index (χ0v) is 21.8. The third-order valence-electron chi connectivity index (χ3n) is 6.69. The summed E-state index contributed by atoms with van der Waals surface area (Å²) < 4.78 is 41.4. The molecule has 0 unspecified atom stereocenters. The lowest BCUT2D eigenvalue weighted by molar-refractivity contribution is 0.0699. The summed E-state index contributed by atoms with van der Waals surface area (Å²) in [5.74, 6) is -1.26. The van der Waals surface area contributed by atoms with Gasteiger partial charge in [-0.1, -0.05) is 18.2 Å². The first-order valence-corrected chi connectivity index (χ1v) is 13.6. The van der Waals surface area contributed by atoms with Crippen LogP contribution in [0.5, 0.6) is 0 Å². The largest absolute Gasteiger partial charge is 0.478 e. The number of aromatic nitrogens is 1. The second-order valence-electron chi connectivity index (χ2n) is 9.39. The number of rotatable bonds is 6. The molecule has 8 nitrogen and oxygen atoms in total. The summed E-state index contributed by atoms with van der Waals surface area (Å²) in [7, 11) is -4.07. The molecule has 1 saturated heterocycles. The van der Waals surface area contributed by atoms with Crippen LogP contribution in [0.15, 0.2) is 71.6 Å². The number of carbonyl (C=O) groups is 1. The lowest BCUT2D eigenvalue weighted by Crippen LogP contribution is -2.47. The van der Waals surface area contributed by atoms with Gasteiger partial charge in [-0.2, -0.15) is 0 Å². The van der Waals surface area contributed by atoms with Gasteiger partial charge in [0.1, 0.15) is 11.6 Å². The summed E-state index contributed by atoms with van der Waals surface area (Å²) in [4.78, 5) is 21.0. The lowest BCUT2D eigenvalue weighted by atomic mass is 10.1. The van der Waals surface area contributed by atoms with Gasteiger partial charge in [-0.05, 0) is 73.5 Å². The predicted molar refractivity (Wildman–Crippen MR) is 146 cm³/mol. The maximum absolute atomic E-state index is 13.5. The van der Waals surface area contributed by atoms with Crippen molar-refractivity contribution in [1.82, 2.24) is 4.98 Å². The molecule has 0 atom stereocenters. The van der Waals surface area contributed by atoms with Crippen LogP contribution >= 0.6 is 0 Å². The van der Waals surface area contributed by atoms with Gasteiger partial charge in [0.2, 0.25) is 0 Å². The van der Waals surface area contributed by atoms with Gasteiger partial charge in [-0.15, -0.1) is 0 Å². The van der Waals surface area contributed by atoms with Crippen molar-refractivity contribution >= 4 is 44.1 Å². The fourth-order valence-electron chi connectivity index (χ4n) is 4.70. The van der Waals surface area contributed by atoms with Crippen LogP contribution in [0.4, 0.5) is 21.6 Å². The van der Waals surface area contributed by atoms with Gasteiger partial charge >= 0.3 is 5.97 Å². The Labute approximate surface area is 220 Å². The molecule has 0 amide bonds. The zero-order valence-electron chi connectivity index (χ0n) is 21.0. The molecule has 0 radical (unpaired) electrons. The topological polar surface area (TPSA) is 103 Å². The van der Waals surface area contributed by atoms with E-state index in [1.54, 1.807) is 6.07 Å². The average Bonchev–Trinajstić information content (AvgIpc) is 2.89. The number of halogens is 1. The number of nitrogens with one attached hydrogen (secondary N) is 1. The number of pyridine rings is 1. The quantitative estimate of drug-likeness (QED) is 0.366. The van der Waals surface area contributed by atoms with E-state index in [1.165, 1.54) is 47.1 Å². The molecular weight excluding hydrogens is 507 g/mol. The highest BCUT2D eigenvalue weighted by Crippen LogP contribution is 2.29. The van der Waals surface area contributed by atoms with Crippen LogP contribution in [0.2, 0.25) is 0 Å². The molecule has 0 spiro atoms. The first-order valence-electron chi connectivity index (χ1n) is 12.1. The molecule has 1 aromatic heterocycles. The normalized spacial score (nSPS) is 14.1. The molecule has 5 rings (SSSR count). The summed E-state index contributed by atoms with van der Waals surface area (Å²) in [5, 5.41) is 10.3. The van der Waals surface area contributed by atoms with E-state index in [9.17, 15) is 22.7 Å². The monoisotopic (exact) mass is 534 g/mol. The molecule has 196 valence electrons. The molecule has 10 heteroatoms. The molecule has 1 fully saturated rings. The first-order chi connectivity index (χ1) is 18.1. The van der Waals surface area contributed by atoms with Crippen molar-refractivity contribution in [1.29, 1.82) is 0 Å². The number of carboxylic acids is 1. The maximum atomic E-state index is 13.5. The fraction of sp³-hybridized carbons (Fsp3) is 0.214. The Morgan fingerprint density at radius 2 is 1.68 bits per heavy atom. The van der Waals surface area contributed by atoms with E-state index in [1.807, 2.05) is 0 Å². The number of hydrogen-bond donors (Lipinski definition) is 2. The lowest BCUT2D eigenvalue weighted by Gasteiger charge is -2.37. The zero-order chi connectivity index (χ0) is 27.0. The van der Waals surface area contributed by atoms with Crippen molar-refractivity contribution < 1.29 is 22.7 Å². The van der Waals surface area contributed by atoms with Crippen LogP contribution < -0.4 is 14.5 Å². The molecule has 2 N–H and O–H groups in total. The Morgan fingerprint density at radius 3 is 2.39 bits per heavy atom. The number of nitrogens with zero attached hydrogens (tertiary/aromatic N) is 3. The predicted octanol–water partition coefficient (Wildman–Crippen LogP) is 4.82. The van der Waals surface area contributed by atoms with E-state index in [-0.39, 0.29) is 16.1 Å². The smallest absolute Gasteiger partial charge is 0.336 e. The number of piperazine rings is 1. The van der Waals surface area contributed by atoms with Crippen molar-refractivity contribution in [2.24, 2.45) is 0 Å². The highest BCUT2D eigenvalue weighted by molar-refractivity contribution is 7.92. The standard InChI is InChI=1S/C28H27FN4O4S/c1-18-6-7-19(2)26(14-18)32-10-12-33(13-11-32)27-17-24(28(34)35)23-16-21(8-9-25(23)30-27)31-38(36,37)22-5-3-4-20(29)15-22/h3-9,14-17,31H,10-13H2,1-2H3,(H,34,35). The minimum atomic E-state index is -4.07. The number of benzene rings is 3. The number of fused-ring (bicyclic) bond motifs is 1. The Balaban J connectivity index is 1.41. The van der Waals surface area contributed by atoms with Gasteiger partial charge in [-0.3, -0.25) is 4.72 Å². The van der Waals surface area contributed by atoms with E-state index in [2.05, 4.69) is 46.6 Å². The Kier molecular flexibility index (Phi) is 6.66. The second kappa shape index (κ2) is 9.94. The SMILES string of the molecule is Cc1ccc(C)c(N2CCN(c3cc(C(=O)O)c4cc(NS(=O)(=O)c5cccc(F)c5)ccc4n3)CC2)c1. The summed E-state index contributed by atoms with van der Waals surface area (Å²) in [6, 6.07) is 17.1. The Hall–Kier alpha value is -4.18. The number of anilines is 3. The molecule has 2 heterocycles. The number of aromatic carboxylic acids is 1. The Bertz CT molecular complexity index is 1650.